The summed E-state index contributed by atoms with van der Waals surface area (Å²) in [5.41, 5.74) is 0.462. The third-order valence-electron chi connectivity index (χ3n) is 3.36. The van der Waals surface area contributed by atoms with Crippen molar-refractivity contribution < 1.29 is 15.0 Å². The maximum atomic E-state index is 11.9. The molecule has 0 radical (unpaired) electrons. The minimum absolute atomic E-state index is 0.00768. The molecule has 0 bridgehead atoms. The molecule has 2 rings (SSSR count). The zero-order valence-corrected chi connectivity index (χ0v) is 11.1. The van der Waals surface area contributed by atoms with Crippen LogP contribution in [-0.2, 0) is 0 Å². The first kappa shape index (κ1) is 13.3. The molecular weight excluding hydrogens is 248 g/mol. The van der Waals surface area contributed by atoms with Crippen molar-refractivity contribution in [1.82, 2.24) is 0 Å². The van der Waals surface area contributed by atoms with Gasteiger partial charge in [-0.1, -0.05) is 12.8 Å². The van der Waals surface area contributed by atoms with E-state index in [1.165, 1.54) is 37.8 Å². The van der Waals surface area contributed by atoms with Crippen LogP contribution in [0, 0.1) is 5.92 Å². The normalized spacial score (nSPS) is 16.0. The van der Waals surface area contributed by atoms with Gasteiger partial charge in [0.05, 0.1) is 5.75 Å². The molecule has 1 fully saturated rings. The van der Waals surface area contributed by atoms with E-state index < -0.39 is 0 Å². The highest BCUT2D eigenvalue weighted by atomic mass is 32.2. The van der Waals surface area contributed by atoms with Gasteiger partial charge in [-0.3, -0.25) is 4.79 Å². The number of rotatable bonds is 5. The molecule has 4 heteroatoms. The fraction of sp³-hybridized carbons (Fsp3) is 0.500. The highest BCUT2D eigenvalue weighted by Crippen LogP contribution is 2.29. The van der Waals surface area contributed by atoms with E-state index in [-0.39, 0.29) is 17.3 Å². The van der Waals surface area contributed by atoms with Gasteiger partial charge >= 0.3 is 0 Å². The Bertz CT molecular complexity index is 425. The van der Waals surface area contributed by atoms with Crippen molar-refractivity contribution in [3.05, 3.63) is 23.8 Å². The maximum Gasteiger partial charge on any atom is 0.172 e. The number of ketones is 1. The van der Waals surface area contributed by atoms with E-state index >= 15 is 0 Å². The molecule has 1 aromatic rings. The molecule has 1 aliphatic rings. The van der Waals surface area contributed by atoms with Gasteiger partial charge in [0.1, 0.15) is 0 Å². The largest absolute Gasteiger partial charge is 0.504 e. The molecule has 1 aromatic carbocycles. The second kappa shape index (κ2) is 6.14. The van der Waals surface area contributed by atoms with Gasteiger partial charge in [-0.05, 0) is 42.7 Å². The summed E-state index contributed by atoms with van der Waals surface area (Å²) in [6.07, 6.45) is 5.23. The van der Waals surface area contributed by atoms with E-state index in [9.17, 15) is 15.0 Å². The van der Waals surface area contributed by atoms with Crippen LogP contribution in [-0.4, -0.2) is 27.5 Å². The molecular formula is C14H18O3S. The average molecular weight is 266 g/mol. The van der Waals surface area contributed by atoms with Crippen LogP contribution in [0.15, 0.2) is 18.2 Å². The third-order valence-corrected chi connectivity index (χ3v) is 4.53. The van der Waals surface area contributed by atoms with Crippen molar-refractivity contribution in [2.45, 2.75) is 25.7 Å². The molecule has 98 valence electrons. The fourth-order valence-electron chi connectivity index (χ4n) is 2.28. The molecule has 0 amide bonds. The lowest BCUT2D eigenvalue weighted by atomic mass is 10.1. The Kier molecular flexibility index (Phi) is 4.53. The minimum Gasteiger partial charge on any atom is -0.504 e. The maximum absolute atomic E-state index is 11.9. The quantitative estimate of drug-likeness (QED) is 0.634. The van der Waals surface area contributed by atoms with Gasteiger partial charge in [-0.15, -0.1) is 0 Å². The first-order valence-electron chi connectivity index (χ1n) is 6.30. The third kappa shape index (κ3) is 3.42. The number of thioether (sulfide) groups is 1. The number of hydrogen-bond donors (Lipinski definition) is 2. The second-order valence-corrected chi connectivity index (χ2v) is 5.82. The van der Waals surface area contributed by atoms with E-state index in [4.69, 9.17) is 0 Å². The summed E-state index contributed by atoms with van der Waals surface area (Å²) in [5, 5.41) is 18.5. The van der Waals surface area contributed by atoms with Crippen LogP contribution < -0.4 is 0 Å². The van der Waals surface area contributed by atoms with Crippen molar-refractivity contribution in [2.24, 2.45) is 5.92 Å². The number of phenolic OH excluding ortho intramolecular Hbond substituents is 2. The summed E-state index contributed by atoms with van der Waals surface area (Å²) in [7, 11) is 0. The van der Waals surface area contributed by atoms with Crippen LogP contribution in [0.5, 0.6) is 11.5 Å². The van der Waals surface area contributed by atoms with Crippen LogP contribution in [0.2, 0.25) is 0 Å². The Balaban J connectivity index is 1.81. The van der Waals surface area contributed by atoms with Gasteiger partial charge in [0.15, 0.2) is 17.3 Å². The van der Waals surface area contributed by atoms with Crippen LogP contribution in [0.1, 0.15) is 36.0 Å². The highest BCUT2D eigenvalue weighted by Gasteiger charge is 2.16. The lowest BCUT2D eigenvalue weighted by molar-refractivity contribution is 0.102. The zero-order chi connectivity index (χ0) is 13.0. The predicted molar refractivity (Wildman–Crippen MR) is 73.4 cm³/mol. The lowest BCUT2D eigenvalue weighted by Crippen LogP contribution is -2.05. The topological polar surface area (TPSA) is 57.5 Å². The van der Waals surface area contributed by atoms with Crippen molar-refractivity contribution in [2.75, 3.05) is 11.5 Å². The summed E-state index contributed by atoms with van der Waals surface area (Å²) in [5.74, 6) is 1.85. The molecule has 0 spiro atoms. The number of hydrogen-bond acceptors (Lipinski definition) is 4. The Labute approximate surface area is 111 Å². The summed E-state index contributed by atoms with van der Waals surface area (Å²) >= 11 is 1.67. The number of aromatic hydroxyl groups is 2. The van der Waals surface area contributed by atoms with Gasteiger partial charge in [0, 0.05) is 5.56 Å². The van der Waals surface area contributed by atoms with Crippen molar-refractivity contribution >= 4 is 17.5 Å². The Morgan fingerprint density at radius 3 is 2.61 bits per heavy atom. The first-order valence-corrected chi connectivity index (χ1v) is 7.45. The molecule has 0 aromatic heterocycles. The van der Waals surface area contributed by atoms with Crippen molar-refractivity contribution in [1.29, 1.82) is 0 Å². The van der Waals surface area contributed by atoms with Gasteiger partial charge in [0.25, 0.3) is 0 Å². The van der Waals surface area contributed by atoms with Gasteiger partial charge < -0.3 is 10.2 Å². The second-order valence-electron chi connectivity index (χ2n) is 4.79. The summed E-state index contributed by atoms with van der Waals surface area (Å²) < 4.78 is 0. The van der Waals surface area contributed by atoms with Crippen LogP contribution in [0.25, 0.3) is 0 Å². The number of benzene rings is 1. The molecule has 18 heavy (non-hydrogen) atoms. The molecule has 0 atom stereocenters. The lowest BCUT2D eigenvalue weighted by Gasteiger charge is -2.08. The molecule has 0 heterocycles. The van der Waals surface area contributed by atoms with E-state index in [0.29, 0.717) is 11.3 Å². The van der Waals surface area contributed by atoms with Crippen molar-refractivity contribution in [3.8, 4) is 11.5 Å². The van der Waals surface area contributed by atoms with Crippen LogP contribution in [0.3, 0.4) is 0 Å². The first-order chi connectivity index (χ1) is 8.66. The van der Waals surface area contributed by atoms with E-state index in [0.717, 1.165) is 11.7 Å². The van der Waals surface area contributed by atoms with Gasteiger partial charge in [-0.25, -0.2) is 0 Å². The van der Waals surface area contributed by atoms with E-state index in [1.54, 1.807) is 17.8 Å². The fourth-order valence-corrected chi connectivity index (χ4v) is 3.41. The summed E-state index contributed by atoms with van der Waals surface area (Å²) in [6.45, 7) is 0. The molecule has 0 aliphatic heterocycles. The van der Waals surface area contributed by atoms with E-state index in [2.05, 4.69) is 0 Å². The smallest absolute Gasteiger partial charge is 0.172 e. The molecule has 0 unspecified atom stereocenters. The average Bonchev–Trinajstić information content (AvgIpc) is 2.85. The van der Waals surface area contributed by atoms with Crippen molar-refractivity contribution in [3.63, 3.8) is 0 Å². The Hall–Kier alpha value is -1.16. The Morgan fingerprint density at radius 1 is 1.22 bits per heavy atom. The zero-order valence-electron chi connectivity index (χ0n) is 10.3. The highest BCUT2D eigenvalue weighted by molar-refractivity contribution is 7.99. The summed E-state index contributed by atoms with van der Waals surface area (Å²) in [6, 6.07) is 4.23. The summed E-state index contributed by atoms with van der Waals surface area (Å²) in [4.78, 5) is 11.9. The van der Waals surface area contributed by atoms with Crippen LogP contribution >= 0.6 is 11.8 Å². The molecule has 2 N–H and O–H groups in total. The van der Waals surface area contributed by atoms with E-state index in [1.807, 2.05) is 0 Å². The predicted octanol–water partition coefficient (Wildman–Crippen LogP) is 3.20. The monoisotopic (exact) mass is 266 g/mol. The standard InChI is InChI=1S/C14H18O3S/c15-12-6-5-11(7-13(12)16)14(17)9-18-8-10-3-1-2-4-10/h5-7,10,15-16H,1-4,8-9H2. The number of carbonyl (C=O) groups excluding carboxylic acids is 1. The molecule has 3 nitrogen and oxygen atoms in total. The van der Waals surface area contributed by atoms with Gasteiger partial charge in [-0.2, -0.15) is 11.8 Å². The minimum atomic E-state index is -0.235. The molecule has 1 saturated carbocycles. The Morgan fingerprint density at radius 2 is 1.94 bits per heavy atom. The number of Topliss-reactive ketones (excluding diaryl/α,β-unsaturated/α-hetero) is 1. The molecule has 1 aliphatic carbocycles. The van der Waals surface area contributed by atoms with Gasteiger partial charge in [0.2, 0.25) is 0 Å². The van der Waals surface area contributed by atoms with Crippen LogP contribution in [0.4, 0.5) is 0 Å². The number of carbonyl (C=O) groups is 1. The SMILES string of the molecule is O=C(CSCC1CCCC1)c1ccc(O)c(O)c1. The molecule has 0 saturated heterocycles. The number of phenols is 2.